The normalized spacial score (nSPS) is 14.7. The molecule has 132 valence electrons. The SMILES string of the molecule is CCCCCc1ccc(CCCOP(=O)([O-])OC(F)(F)F)cc1. The molecular formula is C15H21F3O4P-. The number of rotatable bonds is 10. The average Bonchev–Trinajstić information content (AvgIpc) is 2.43. The Morgan fingerprint density at radius 3 is 2.04 bits per heavy atom. The van der Waals surface area contributed by atoms with Gasteiger partial charge in [0.25, 0.3) is 7.82 Å². The Kier molecular flexibility index (Phi) is 8.26. The second kappa shape index (κ2) is 9.42. The molecule has 0 N–H and O–H groups in total. The first kappa shape index (κ1) is 20.2. The van der Waals surface area contributed by atoms with Crippen LogP contribution in [-0.4, -0.2) is 13.0 Å². The van der Waals surface area contributed by atoms with Crippen molar-refractivity contribution in [1.29, 1.82) is 0 Å². The fourth-order valence-corrected chi connectivity index (χ4v) is 2.72. The number of benzene rings is 1. The maximum absolute atomic E-state index is 11.8. The molecule has 4 nitrogen and oxygen atoms in total. The standard InChI is InChI=1S/C15H22F3O4P/c1-2-3-4-6-13-8-10-14(11-9-13)7-5-12-21-23(19,20)22-15(16,17)18/h8-11H,2-7,12H2,1H3,(H,19,20)/p-1. The molecule has 0 fully saturated rings. The van der Waals surface area contributed by atoms with Crippen LogP contribution in [0.15, 0.2) is 24.3 Å². The van der Waals surface area contributed by atoms with E-state index in [4.69, 9.17) is 0 Å². The predicted octanol–water partition coefficient (Wildman–Crippen LogP) is 4.37. The Labute approximate surface area is 134 Å². The van der Waals surface area contributed by atoms with Gasteiger partial charge in [0.1, 0.15) is 0 Å². The van der Waals surface area contributed by atoms with Crippen molar-refractivity contribution in [2.24, 2.45) is 0 Å². The van der Waals surface area contributed by atoms with Crippen molar-refractivity contribution < 1.29 is 31.7 Å². The maximum atomic E-state index is 11.8. The minimum absolute atomic E-state index is 0.280. The number of unbranched alkanes of at least 4 members (excludes halogenated alkanes) is 2. The van der Waals surface area contributed by atoms with Crippen LogP contribution in [-0.2, 0) is 26.5 Å². The van der Waals surface area contributed by atoms with E-state index < -0.39 is 14.2 Å². The fourth-order valence-electron chi connectivity index (χ4n) is 2.06. The number of halogens is 3. The smallest absolute Gasteiger partial charge is 0.528 e. The second-order valence-corrected chi connectivity index (χ2v) is 6.53. The average molecular weight is 353 g/mol. The first-order chi connectivity index (χ1) is 10.7. The van der Waals surface area contributed by atoms with E-state index in [1.54, 1.807) is 0 Å². The van der Waals surface area contributed by atoms with Crippen LogP contribution in [0.3, 0.4) is 0 Å². The van der Waals surface area contributed by atoms with Gasteiger partial charge in [0.05, 0.1) is 6.61 Å². The Balaban J connectivity index is 2.29. The number of phosphoric acid groups is 1. The zero-order valence-corrected chi connectivity index (χ0v) is 13.9. The van der Waals surface area contributed by atoms with Crippen molar-refractivity contribution in [3.8, 4) is 0 Å². The zero-order valence-electron chi connectivity index (χ0n) is 13.0. The van der Waals surface area contributed by atoms with Crippen LogP contribution in [0, 0.1) is 0 Å². The van der Waals surface area contributed by atoms with Crippen LogP contribution in [0.5, 0.6) is 0 Å². The summed E-state index contributed by atoms with van der Waals surface area (Å²) < 4.78 is 53.4. The third-order valence-corrected chi connectivity index (χ3v) is 4.10. The summed E-state index contributed by atoms with van der Waals surface area (Å²) in [6.07, 6.45) is 0.0515. The summed E-state index contributed by atoms with van der Waals surface area (Å²) >= 11 is 0. The molecular weight excluding hydrogens is 332 g/mol. The highest BCUT2D eigenvalue weighted by molar-refractivity contribution is 7.45. The molecule has 0 amide bonds. The number of phosphoric ester groups is 1. The summed E-state index contributed by atoms with van der Waals surface area (Å²) in [4.78, 5) is 10.9. The predicted molar refractivity (Wildman–Crippen MR) is 78.7 cm³/mol. The minimum Gasteiger partial charge on any atom is -0.756 e. The van der Waals surface area contributed by atoms with Crippen molar-refractivity contribution in [2.75, 3.05) is 6.61 Å². The van der Waals surface area contributed by atoms with Gasteiger partial charge >= 0.3 is 6.36 Å². The Hall–Kier alpha value is -0.880. The monoisotopic (exact) mass is 353 g/mol. The van der Waals surface area contributed by atoms with Crippen molar-refractivity contribution in [3.63, 3.8) is 0 Å². The number of alkyl halides is 3. The lowest BCUT2D eigenvalue weighted by Crippen LogP contribution is -2.19. The van der Waals surface area contributed by atoms with E-state index in [0.717, 1.165) is 18.4 Å². The van der Waals surface area contributed by atoms with Crippen LogP contribution in [0.4, 0.5) is 13.2 Å². The van der Waals surface area contributed by atoms with Gasteiger partial charge in [-0.15, -0.1) is 13.2 Å². The maximum Gasteiger partial charge on any atom is 0.528 e. The van der Waals surface area contributed by atoms with Gasteiger partial charge in [-0.2, -0.15) is 0 Å². The first-order valence-corrected chi connectivity index (χ1v) is 8.99. The molecule has 0 bridgehead atoms. The molecule has 1 atom stereocenters. The van der Waals surface area contributed by atoms with E-state index in [1.165, 1.54) is 18.4 Å². The highest BCUT2D eigenvalue weighted by atomic mass is 31.2. The lowest BCUT2D eigenvalue weighted by molar-refractivity contribution is -0.322. The summed E-state index contributed by atoms with van der Waals surface area (Å²) in [5.74, 6) is 0. The number of hydrogen-bond acceptors (Lipinski definition) is 4. The molecule has 1 aromatic rings. The van der Waals surface area contributed by atoms with Gasteiger partial charge in [-0.1, -0.05) is 44.0 Å². The fraction of sp³-hybridized carbons (Fsp3) is 0.600. The molecule has 0 aliphatic carbocycles. The molecule has 0 aromatic heterocycles. The van der Waals surface area contributed by atoms with Crippen molar-refractivity contribution in [1.82, 2.24) is 0 Å². The minimum atomic E-state index is -5.33. The Morgan fingerprint density at radius 1 is 1.04 bits per heavy atom. The van der Waals surface area contributed by atoms with Crippen molar-refractivity contribution >= 4 is 7.82 Å². The number of hydrogen-bond donors (Lipinski definition) is 0. The van der Waals surface area contributed by atoms with E-state index >= 15 is 0 Å². The molecule has 8 heteroatoms. The molecule has 0 spiro atoms. The molecule has 0 aliphatic rings. The Morgan fingerprint density at radius 2 is 1.57 bits per heavy atom. The van der Waals surface area contributed by atoms with E-state index in [0.29, 0.717) is 6.42 Å². The van der Waals surface area contributed by atoms with E-state index in [1.807, 2.05) is 24.3 Å². The summed E-state index contributed by atoms with van der Waals surface area (Å²) in [7, 11) is -5.33. The summed E-state index contributed by atoms with van der Waals surface area (Å²) in [5, 5.41) is 0. The molecule has 0 aliphatic heterocycles. The largest absolute Gasteiger partial charge is 0.756 e. The van der Waals surface area contributed by atoms with Crippen LogP contribution >= 0.6 is 7.82 Å². The molecule has 0 saturated carbocycles. The lowest BCUT2D eigenvalue weighted by atomic mass is 10.0. The number of aryl methyl sites for hydroxylation is 2. The lowest BCUT2D eigenvalue weighted by Gasteiger charge is -2.23. The van der Waals surface area contributed by atoms with Crippen LogP contribution < -0.4 is 4.89 Å². The topological polar surface area (TPSA) is 58.6 Å². The van der Waals surface area contributed by atoms with Crippen LogP contribution in [0.1, 0.15) is 43.7 Å². The summed E-state index contributed by atoms with van der Waals surface area (Å²) in [5.41, 5.74) is 2.21. The highest BCUT2D eigenvalue weighted by Crippen LogP contribution is 2.44. The quantitative estimate of drug-likeness (QED) is 0.463. The van der Waals surface area contributed by atoms with E-state index in [9.17, 15) is 22.6 Å². The molecule has 0 saturated heterocycles. The van der Waals surface area contributed by atoms with E-state index in [2.05, 4.69) is 16.0 Å². The molecule has 1 unspecified atom stereocenters. The Bertz CT molecular complexity index is 502. The van der Waals surface area contributed by atoms with Gasteiger partial charge in [0.2, 0.25) is 0 Å². The zero-order chi connectivity index (χ0) is 17.3. The summed E-state index contributed by atoms with van der Waals surface area (Å²) in [6.45, 7) is 1.79. The molecule has 1 rings (SSSR count). The van der Waals surface area contributed by atoms with E-state index in [-0.39, 0.29) is 13.0 Å². The summed E-state index contributed by atoms with van der Waals surface area (Å²) in [6, 6.07) is 7.89. The third kappa shape index (κ3) is 9.76. The van der Waals surface area contributed by atoms with Gasteiger partial charge in [0, 0.05) is 0 Å². The van der Waals surface area contributed by atoms with Gasteiger partial charge in [-0.3, -0.25) is 4.57 Å². The van der Waals surface area contributed by atoms with Crippen LogP contribution in [0.2, 0.25) is 0 Å². The van der Waals surface area contributed by atoms with Crippen LogP contribution in [0.25, 0.3) is 0 Å². The highest BCUT2D eigenvalue weighted by Gasteiger charge is 2.35. The first-order valence-electron chi connectivity index (χ1n) is 7.53. The van der Waals surface area contributed by atoms with Gasteiger partial charge < -0.3 is 9.42 Å². The third-order valence-electron chi connectivity index (χ3n) is 3.17. The molecule has 0 radical (unpaired) electrons. The van der Waals surface area contributed by atoms with Crippen molar-refractivity contribution in [2.45, 2.75) is 51.8 Å². The second-order valence-electron chi connectivity index (χ2n) is 5.19. The molecule has 1 aromatic carbocycles. The van der Waals surface area contributed by atoms with Gasteiger partial charge in [-0.25, -0.2) is 4.52 Å². The molecule has 0 heterocycles. The van der Waals surface area contributed by atoms with Crippen molar-refractivity contribution in [3.05, 3.63) is 35.4 Å². The van der Waals surface area contributed by atoms with Gasteiger partial charge in [0.15, 0.2) is 0 Å². The molecule has 23 heavy (non-hydrogen) atoms. The van der Waals surface area contributed by atoms with Gasteiger partial charge in [-0.05, 0) is 36.8 Å².